The molecule has 4 nitrogen and oxygen atoms in total. The van der Waals surface area contributed by atoms with E-state index in [2.05, 4.69) is 10.3 Å². The SMILES string of the molecule is COc1ccc(NC(N)=NCc2ccc(Cl)c(C)c2)cc1.I. The Kier molecular flexibility index (Phi) is 7.47. The smallest absolute Gasteiger partial charge is 0.193 e. The van der Waals surface area contributed by atoms with Crippen LogP contribution in [0.3, 0.4) is 0 Å². The molecule has 0 aliphatic heterocycles. The van der Waals surface area contributed by atoms with Gasteiger partial charge in [0.2, 0.25) is 0 Å². The zero-order valence-electron chi connectivity index (χ0n) is 12.5. The number of halogens is 2. The van der Waals surface area contributed by atoms with Crippen LogP contribution >= 0.6 is 35.6 Å². The van der Waals surface area contributed by atoms with Crippen molar-refractivity contribution in [3.8, 4) is 5.75 Å². The van der Waals surface area contributed by atoms with Gasteiger partial charge in [0, 0.05) is 10.7 Å². The molecule has 0 saturated heterocycles. The predicted molar refractivity (Wildman–Crippen MR) is 104 cm³/mol. The fourth-order valence-corrected chi connectivity index (χ4v) is 1.96. The first-order valence-electron chi connectivity index (χ1n) is 6.54. The van der Waals surface area contributed by atoms with E-state index in [1.807, 2.05) is 49.4 Å². The molecule has 3 N–H and O–H groups in total. The summed E-state index contributed by atoms with van der Waals surface area (Å²) in [5.41, 5.74) is 8.84. The van der Waals surface area contributed by atoms with Crippen LogP contribution < -0.4 is 15.8 Å². The van der Waals surface area contributed by atoms with Crippen molar-refractivity contribution in [3.63, 3.8) is 0 Å². The molecule has 0 spiro atoms. The van der Waals surface area contributed by atoms with Gasteiger partial charge >= 0.3 is 0 Å². The molecular weight excluding hydrogens is 413 g/mol. The monoisotopic (exact) mass is 431 g/mol. The zero-order valence-corrected chi connectivity index (χ0v) is 15.6. The second-order valence-electron chi connectivity index (χ2n) is 4.64. The first kappa shape index (κ1) is 18.6. The van der Waals surface area contributed by atoms with Crippen LogP contribution in [0, 0.1) is 6.92 Å². The number of aryl methyl sites for hydroxylation is 1. The molecule has 2 aromatic carbocycles. The third kappa shape index (κ3) is 5.38. The Morgan fingerprint density at radius 1 is 1.23 bits per heavy atom. The fraction of sp³-hybridized carbons (Fsp3) is 0.188. The minimum Gasteiger partial charge on any atom is -0.497 e. The summed E-state index contributed by atoms with van der Waals surface area (Å²) in [4.78, 5) is 4.31. The van der Waals surface area contributed by atoms with Crippen LogP contribution in [-0.2, 0) is 6.54 Å². The van der Waals surface area contributed by atoms with Gasteiger partial charge in [-0.15, -0.1) is 24.0 Å². The van der Waals surface area contributed by atoms with Gasteiger partial charge in [-0.2, -0.15) is 0 Å². The van der Waals surface area contributed by atoms with E-state index >= 15 is 0 Å². The van der Waals surface area contributed by atoms with Crippen LogP contribution in [0.1, 0.15) is 11.1 Å². The van der Waals surface area contributed by atoms with Crippen LogP contribution in [0.15, 0.2) is 47.5 Å². The van der Waals surface area contributed by atoms with E-state index in [4.69, 9.17) is 22.1 Å². The molecule has 2 aromatic rings. The Balaban J connectivity index is 0.00000242. The Hall–Kier alpha value is -1.47. The van der Waals surface area contributed by atoms with Crippen LogP contribution in [-0.4, -0.2) is 13.1 Å². The first-order chi connectivity index (χ1) is 10.1. The second kappa shape index (κ2) is 8.85. The number of hydrogen-bond donors (Lipinski definition) is 2. The maximum Gasteiger partial charge on any atom is 0.193 e. The fourth-order valence-electron chi connectivity index (χ4n) is 1.84. The summed E-state index contributed by atoms with van der Waals surface area (Å²) in [6.07, 6.45) is 0. The molecule has 6 heteroatoms. The van der Waals surface area contributed by atoms with Crippen LogP contribution in [0.2, 0.25) is 5.02 Å². The number of nitrogens with two attached hydrogens (primary N) is 1. The highest BCUT2D eigenvalue weighted by molar-refractivity contribution is 14.0. The van der Waals surface area contributed by atoms with Crippen molar-refractivity contribution in [2.24, 2.45) is 10.7 Å². The minimum absolute atomic E-state index is 0. The molecule has 118 valence electrons. The van der Waals surface area contributed by atoms with E-state index in [0.29, 0.717) is 12.5 Å². The average molecular weight is 432 g/mol. The van der Waals surface area contributed by atoms with Gasteiger partial charge in [0.1, 0.15) is 5.75 Å². The summed E-state index contributed by atoms with van der Waals surface area (Å²) in [5, 5.41) is 3.79. The van der Waals surface area contributed by atoms with Crippen molar-refractivity contribution in [3.05, 3.63) is 58.6 Å². The normalized spacial score (nSPS) is 10.8. The van der Waals surface area contributed by atoms with Gasteiger partial charge < -0.3 is 15.8 Å². The van der Waals surface area contributed by atoms with E-state index in [-0.39, 0.29) is 24.0 Å². The molecule has 0 amide bonds. The Labute approximate surface area is 152 Å². The average Bonchev–Trinajstić information content (AvgIpc) is 2.49. The van der Waals surface area contributed by atoms with Crippen LogP contribution in [0.25, 0.3) is 0 Å². The lowest BCUT2D eigenvalue weighted by molar-refractivity contribution is 0.415. The standard InChI is InChI=1S/C16H18ClN3O.HI/c1-11-9-12(3-8-15(11)17)10-19-16(18)20-13-4-6-14(21-2)7-5-13;/h3-9H,10H2,1-2H3,(H3,18,19,20);1H. The lowest BCUT2D eigenvalue weighted by atomic mass is 10.1. The van der Waals surface area contributed by atoms with Crippen molar-refractivity contribution >= 4 is 47.2 Å². The number of benzene rings is 2. The van der Waals surface area contributed by atoms with Gasteiger partial charge in [-0.3, -0.25) is 0 Å². The van der Waals surface area contributed by atoms with Crippen molar-refractivity contribution in [2.45, 2.75) is 13.5 Å². The van der Waals surface area contributed by atoms with Crippen molar-refractivity contribution in [1.29, 1.82) is 0 Å². The number of anilines is 1. The number of nitrogens with one attached hydrogen (secondary N) is 1. The molecule has 0 fully saturated rings. The lowest BCUT2D eigenvalue weighted by Gasteiger charge is -2.07. The van der Waals surface area contributed by atoms with Gasteiger partial charge in [0.15, 0.2) is 5.96 Å². The zero-order chi connectivity index (χ0) is 15.2. The Morgan fingerprint density at radius 3 is 2.50 bits per heavy atom. The quantitative estimate of drug-likeness (QED) is 0.433. The molecule has 0 aromatic heterocycles. The minimum atomic E-state index is 0. The molecule has 0 heterocycles. The summed E-state index contributed by atoms with van der Waals surface area (Å²) in [6, 6.07) is 13.3. The Bertz CT molecular complexity index is 644. The van der Waals surface area contributed by atoms with Crippen molar-refractivity contribution in [2.75, 3.05) is 12.4 Å². The maximum atomic E-state index is 5.99. The molecule has 0 bridgehead atoms. The topological polar surface area (TPSA) is 59.6 Å². The molecule has 0 saturated carbocycles. The molecule has 0 unspecified atom stereocenters. The molecular formula is C16H19ClIN3O. The lowest BCUT2D eigenvalue weighted by Crippen LogP contribution is -2.22. The summed E-state index contributed by atoms with van der Waals surface area (Å²) >= 11 is 5.99. The largest absolute Gasteiger partial charge is 0.497 e. The van der Waals surface area contributed by atoms with E-state index in [1.165, 1.54) is 0 Å². The highest BCUT2D eigenvalue weighted by Crippen LogP contribution is 2.17. The number of methoxy groups -OCH3 is 1. The van der Waals surface area contributed by atoms with E-state index < -0.39 is 0 Å². The molecule has 0 atom stereocenters. The van der Waals surface area contributed by atoms with Gasteiger partial charge in [-0.25, -0.2) is 4.99 Å². The number of nitrogens with zero attached hydrogens (tertiary/aromatic N) is 1. The van der Waals surface area contributed by atoms with Crippen LogP contribution in [0.4, 0.5) is 5.69 Å². The third-order valence-corrected chi connectivity index (χ3v) is 3.44. The van der Waals surface area contributed by atoms with E-state index in [9.17, 15) is 0 Å². The molecule has 0 aliphatic carbocycles. The molecule has 22 heavy (non-hydrogen) atoms. The molecule has 2 rings (SSSR count). The maximum absolute atomic E-state index is 5.99. The second-order valence-corrected chi connectivity index (χ2v) is 5.05. The summed E-state index contributed by atoms with van der Waals surface area (Å²) in [6.45, 7) is 2.47. The van der Waals surface area contributed by atoms with Gasteiger partial charge in [-0.05, 0) is 48.4 Å². The van der Waals surface area contributed by atoms with Crippen molar-refractivity contribution in [1.82, 2.24) is 0 Å². The van der Waals surface area contributed by atoms with E-state index in [1.54, 1.807) is 7.11 Å². The molecule has 0 radical (unpaired) electrons. The number of rotatable bonds is 4. The third-order valence-electron chi connectivity index (χ3n) is 3.02. The van der Waals surface area contributed by atoms with Gasteiger partial charge in [-0.1, -0.05) is 23.7 Å². The number of hydrogen-bond acceptors (Lipinski definition) is 2. The number of aliphatic imine (C=N–C) groups is 1. The highest BCUT2D eigenvalue weighted by Gasteiger charge is 1.99. The number of guanidine groups is 1. The van der Waals surface area contributed by atoms with E-state index in [0.717, 1.165) is 27.6 Å². The predicted octanol–water partition coefficient (Wildman–Crippen LogP) is 4.20. The summed E-state index contributed by atoms with van der Waals surface area (Å²) < 4.78 is 5.10. The van der Waals surface area contributed by atoms with Gasteiger partial charge in [0.05, 0.1) is 13.7 Å². The Morgan fingerprint density at radius 2 is 1.91 bits per heavy atom. The summed E-state index contributed by atoms with van der Waals surface area (Å²) in [7, 11) is 1.63. The molecule has 0 aliphatic rings. The number of ether oxygens (including phenoxy) is 1. The summed E-state index contributed by atoms with van der Waals surface area (Å²) in [5.74, 6) is 1.17. The highest BCUT2D eigenvalue weighted by atomic mass is 127. The first-order valence-corrected chi connectivity index (χ1v) is 6.92. The van der Waals surface area contributed by atoms with Crippen LogP contribution in [0.5, 0.6) is 5.75 Å². The van der Waals surface area contributed by atoms with Crippen molar-refractivity contribution < 1.29 is 4.74 Å². The van der Waals surface area contributed by atoms with Gasteiger partial charge in [0.25, 0.3) is 0 Å².